The summed E-state index contributed by atoms with van der Waals surface area (Å²) in [6, 6.07) is 2.63. The van der Waals surface area contributed by atoms with Gasteiger partial charge in [-0.05, 0) is 32.4 Å². The van der Waals surface area contributed by atoms with Crippen molar-refractivity contribution in [1.82, 2.24) is 34.6 Å². The number of nitrogens with one attached hydrogen (secondary N) is 2. The quantitative estimate of drug-likeness (QED) is 0.464. The highest BCUT2D eigenvalue weighted by atomic mass is 32.1. The second-order valence-electron chi connectivity index (χ2n) is 8.38. The second-order valence-corrected chi connectivity index (χ2v) is 9.37. The normalized spacial score (nSPS) is 16.8. The molecule has 1 aliphatic rings. The Balaban J connectivity index is 1.59. The molecule has 1 atom stereocenters. The predicted octanol–water partition coefficient (Wildman–Crippen LogP) is 3.24. The van der Waals surface area contributed by atoms with Crippen LogP contribution in [0.25, 0.3) is 32.4 Å². The van der Waals surface area contributed by atoms with Crippen LogP contribution in [0.15, 0.2) is 24.7 Å². The van der Waals surface area contributed by atoms with Crippen LogP contribution in [-0.4, -0.2) is 61.6 Å². The van der Waals surface area contributed by atoms with Crippen LogP contribution in [-0.2, 0) is 11.8 Å². The third-order valence-electron chi connectivity index (χ3n) is 5.70. The standard InChI is InChI=1S/C22H28N8OS/c1-13(2)30-8-5-16(28-30)18-14(3)17-19(25-11-15-12-31-10-7-23-15)26-20(27-22(17)32-18)21-24-6-9-29(21)4/h5-6,8-9,13,15,23H,7,10-12H2,1-4H3,(H,25,26,27). The minimum absolute atomic E-state index is 0.241. The first kappa shape index (κ1) is 21.0. The maximum absolute atomic E-state index is 5.61. The molecule has 1 fully saturated rings. The van der Waals surface area contributed by atoms with Crippen molar-refractivity contribution < 1.29 is 4.74 Å². The average molecular weight is 453 g/mol. The van der Waals surface area contributed by atoms with E-state index in [2.05, 4.69) is 42.5 Å². The molecule has 1 saturated heterocycles. The van der Waals surface area contributed by atoms with E-state index < -0.39 is 0 Å². The van der Waals surface area contributed by atoms with Gasteiger partial charge >= 0.3 is 0 Å². The Morgan fingerprint density at radius 2 is 2.19 bits per heavy atom. The van der Waals surface area contributed by atoms with Crippen LogP contribution in [0.1, 0.15) is 25.5 Å². The van der Waals surface area contributed by atoms with Crippen molar-refractivity contribution in [3.8, 4) is 22.2 Å². The van der Waals surface area contributed by atoms with Crippen molar-refractivity contribution >= 4 is 27.4 Å². The minimum atomic E-state index is 0.241. The lowest BCUT2D eigenvalue weighted by molar-refractivity contribution is 0.0806. The Morgan fingerprint density at radius 3 is 2.88 bits per heavy atom. The zero-order chi connectivity index (χ0) is 22.2. The number of ether oxygens (including phenoxy) is 1. The van der Waals surface area contributed by atoms with Crippen LogP contribution in [0, 0.1) is 6.92 Å². The van der Waals surface area contributed by atoms with E-state index in [0.29, 0.717) is 18.5 Å². The second kappa shape index (κ2) is 8.61. The average Bonchev–Trinajstić information content (AvgIpc) is 3.51. The SMILES string of the molecule is Cc1c(-c2ccn(C(C)C)n2)sc2nc(-c3nccn3C)nc(NCC3COCCN3)c12. The van der Waals surface area contributed by atoms with Crippen molar-refractivity contribution in [2.24, 2.45) is 7.05 Å². The number of morpholine rings is 1. The molecule has 10 heteroatoms. The number of fused-ring (bicyclic) bond motifs is 1. The molecule has 0 aliphatic carbocycles. The zero-order valence-corrected chi connectivity index (χ0v) is 19.6. The Labute approximate surface area is 190 Å². The third-order valence-corrected chi connectivity index (χ3v) is 6.90. The van der Waals surface area contributed by atoms with E-state index in [1.165, 1.54) is 0 Å². The fourth-order valence-electron chi connectivity index (χ4n) is 3.91. The molecular formula is C22H28N8OS. The van der Waals surface area contributed by atoms with Gasteiger partial charge in [0, 0.05) is 50.8 Å². The number of rotatable bonds is 6. The first-order valence-electron chi connectivity index (χ1n) is 10.9. The van der Waals surface area contributed by atoms with E-state index in [1.807, 2.05) is 28.7 Å². The Bertz CT molecular complexity index is 1230. The summed E-state index contributed by atoms with van der Waals surface area (Å²) >= 11 is 1.65. The van der Waals surface area contributed by atoms with Gasteiger partial charge in [0.2, 0.25) is 0 Å². The zero-order valence-electron chi connectivity index (χ0n) is 18.8. The van der Waals surface area contributed by atoms with Crippen LogP contribution >= 0.6 is 11.3 Å². The highest BCUT2D eigenvalue weighted by Gasteiger charge is 2.22. The van der Waals surface area contributed by atoms with Crippen LogP contribution in [0.2, 0.25) is 0 Å². The number of thiophene rings is 1. The topological polar surface area (TPSA) is 94.7 Å². The molecular weight excluding hydrogens is 424 g/mol. The van der Waals surface area contributed by atoms with Crippen molar-refractivity contribution in [3.05, 3.63) is 30.2 Å². The Morgan fingerprint density at radius 1 is 1.31 bits per heavy atom. The summed E-state index contributed by atoms with van der Waals surface area (Å²) in [5, 5.41) is 12.9. The van der Waals surface area contributed by atoms with Crippen molar-refractivity contribution in [2.45, 2.75) is 32.9 Å². The number of nitrogens with zero attached hydrogens (tertiary/aromatic N) is 6. The molecule has 0 spiro atoms. The first-order chi connectivity index (χ1) is 15.5. The minimum Gasteiger partial charge on any atom is -0.378 e. The fourth-order valence-corrected chi connectivity index (χ4v) is 5.06. The molecule has 1 unspecified atom stereocenters. The monoisotopic (exact) mass is 452 g/mol. The van der Waals surface area contributed by atoms with E-state index in [9.17, 15) is 0 Å². The molecule has 0 saturated carbocycles. The molecule has 1 aliphatic heterocycles. The van der Waals surface area contributed by atoms with E-state index in [4.69, 9.17) is 19.8 Å². The molecule has 5 heterocycles. The largest absolute Gasteiger partial charge is 0.378 e. The van der Waals surface area contributed by atoms with Gasteiger partial charge in [-0.2, -0.15) is 5.10 Å². The van der Waals surface area contributed by atoms with E-state index >= 15 is 0 Å². The van der Waals surface area contributed by atoms with Crippen LogP contribution in [0.3, 0.4) is 0 Å². The lowest BCUT2D eigenvalue weighted by atomic mass is 10.1. The van der Waals surface area contributed by atoms with Crippen molar-refractivity contribution in [3.63, 3.8) is 0 Å². The highest BCUT2D eigenvalue weighted by molar-refractivity contribution is 7.22. The smallest absolute Gasteiger partial charge is 0.199 e. The number of hydrogen-bond acceptors (Lipinski definition) is 8. The first-order valence-corrected chi connectivity index (χ1v) is 11.7. The van der Waals surface area contributed by atoms with E-state index in [0.717, 1.165) is 57.7 Å². The lowest BCUT2D eigenvalue weighted by Gasteiger charge is -2.24. The third kappa shape index (κ3) is 3.89. The Kier molecular flexibility index (Phi) is 5.66. The molecule has 4 aromatic heterocycles. The van der Waals surface area contributed by atoms with Crippen LogP contribution in [0.4, 0.5) is 5.82 Å². The molecule has 5 rings (SSSR count). The summed E-state index contributed by atoms with van der Waals surface area (Å²) in [6.45, 7) is 9.42. The van der Waals surface area contributed by atoms with Gasteiger partial charge in [0.15, 0.2) is 11.6 Å². The predicted molar refractivity (Wildman–Crippen MR) is 127 cm³/mol. The molecule has 9 nitrogen and oxygen atoms in total. The van der Waals surface area contributed by atoms with Crippen LogP contribution < -0.4 is 10.6 Å². The van der Waals surface area contributed by atoms with Gasteiger partial charge in [-0.3, -0.25) is 4.68 Å². The number of aryl methyl sites for hydroxylation is 2. The van der Waals surface area contributed by atoms with Gasteiger partial charge in [0.05, 0.1) is 23.5 Å². The summed E-state index contributed by atoms with van der Waals surface area (Å²) in [7, 11) is 1.95. The molecule has 4 aromatic rings. The van der Waals surface area contributed by atoms with Gasteiger partial charge in [-0.15, -0.1) is 11.3 Å². The van der Waals surface area contributed by atoms with Gasteiger partial charge in [-0.25, -0.2) is 15.0 Å². The summed E-state index contributed by atoms with van der Waals surface area (Å²) in [5.41, 5.74) is 2.10. The molecule has 0 aromatic carbocycles. The molecule has 2 N–H and O–H groups in total. The fraction of sp³-hybridized carbons (Fsp3) is 0.455. The van der Waals surface area contributed by atoms with Crippen molar-refractivity contribution in [2.75, 3.05) is 31.6 Å². The van der Waals surface area contributed by atoms with Gasteiger partial charge in [0.25, 0.3) is 0 Å². The molecule has 32 heavy (non-hydrogen) atoms. The Hall–Kier alpha value is -2.82. The number of imidazole rings is 1. The van der Waals surface area contributed by atoms with Crippen LogP contribution in [0.5, 0.6) is 0 Å². The molecule has 0 radical (unpaired) electrons. The van der Waals surface area contributed by atoms with E-state index in [1.54, 1.807) is 17.5 Å². The summed E-state index contributed by atoms with van der Waals surface area (Å²) in [4.78, 5) is 16.3. The number of hydrogen-bond donors (Lipinski definition) is 2. The summed E-state index contributed by atoms with van der Waals surface area (Å²) in [6.07, 6.45) is 5.70. The highest BCUT2D eigenvalue weighted by Crippen LogP contribution is 2.40. The summed E-state index contributed by atoms with van der Waals surface area (Å²) < 4.78 is 9.53. The van der Waals surface area contributed by atoms with Gasteiger partial charge in [0.1, 0.15) is 16.3 Å². The van der Waals surface area contributed by atoms with Gasteiger partial charge in [-0.1, -0.05) is 0 Å². The number of aromatic nitrogens is 6. The van der Waals surface area contributed by atoms with Gasteiger partial charge < -0.3 is 19.9 Å². The van der Waals surface area contributed by atoms with Crippen molar-refractivity contribution in [1.29, 1.82) is 0 Å². The maximum Gasteiger partial charge on any atom is 0.199 e. The maximum atomic E-state index is 5.61. The lowest BCUT2D eigenvalue weighted by Crippen LogP contribution is -2.45. The molecule has 168 valence electrons. The molecule has 0 amide bonds. The number of anilines is 1. The summed E-state index contributed by atoms with van der Waals surface area (Å²) in [5.74, 6) is 2.18. The van der Waals surface area contributed by atoms with E-state index in [-0.39, 0.29) is 6.04 Å². The molecule has 0 bridgehead atoms.